The average molecular weight is 296 g/mol. The molecule has 2 aromatic carbocycles. The summed E-state index contributed by atoms with van der Waals surface area (Å²) in [5, 5.41) is 4.00. The number of carbonyl (C=O) groups excluding carboxylic acids is 1. The fourth-order valence-electron chi connectivity index (χ4n) is 1.99. The monoisotopic (exact) mass is 296 g/mol. The number of hydrazone groups is 1. The van der Waals surface area contributed by atoms with Gasteiger partial charge < -0.3 is 4.74 Å². The third-order valence-electron chi connectivity index (χ3n) is 3.21. The molecule has 1 N–H and O–H groups in total. The van der Waals surface area contributed by atoms with Gasteiger partial charge in [0.1, 0.15) is 5.75 Å². The molecule has 0 saturated heterocycles. The van der Waals surface area contributed by atoms with Gasteiger partial charge in [0.25, 0.3) is 5.91 Å². The predicted molar refractivity (Wildman–Crippen MR) is 88.5 cm³/mol. The number of amides is 1. The normalized spacial score (nSPS) is 10.6. The third-order valence-corrected chi connectivity index (χ3v) is 3.21. The van der Waals surface area contributed by atoms with Gasteiger partial charge in [0, 0.05) is 11.1 Å². The van der Waals surface area contributed by atoms with Gasteiger partial charge in [0.15, 0.2) is 0 Å². The summed E-state index contributed by atoms with van der Waals surface area (Å²) >= 11 is 0. The van der Waals surface area contributed by atoms with Crippen LogP contribution < -0.4 is 10.2 Å². The number of rotatable bonds is 6. The number of nitrogens with one attached hydrogen (secondary N) is 1. The van der Waals surface area contributed by atoms with Crippen LogP contribution >= 0.6 is 0 Å². The maximum Gasteiger partial charge on any atom is 0.271 e. The van der Waals surface area contributed by atoms with E-state index in [9.17, 15) is 4.79 Å². The van der Waals surface area contributed by atoms with E-state index in [1.807, 2.05) is 43.3 Å². The lowest BCUT2D eigenvalue weighted by Gasteiger charge is -2.06. The van der Waals surface area contributed by atoms with E-state index in [4.69, 9.17) is 4.74 Å². The minimum absolute atomic E-state index is 0.229. The van der Waals surface area contributed by atoms with Crippen LogP contribution in [0.1, 0.15) is 35.3 Å². The highest BCUT2D eigenvalue weighted by molar-refractivity contribution is 5.95. The first kappa shape index (κ1) is 15.8. The molecule has 4 nitrogen and oxygen atoms in total. The molecule has 4 heteroatoms. The quantitative estimate of drug-likeness (QED) is 0.656. The summed E-state index contributed by atoms with van der Waals surface area (Å²) in [6, 6.07) is 15.1. The maximum absolute atomic E-state index is 12.0. The van der Waals surface area contributed by atoms with Crippen LogP contribution in [0.2, 0.25) is 0 Å². The Kier molecular flexibility index (Phi) is 5.72. The molecule has 2 rings (SSSR count). The fraction of sp³-hybridized carbons (Fsp3) is 0.222. The molecule has 114 valence electrons. The van der Waals surface area contributed by atoms with Crippen LogP contribution in [-0.2, 0) is 6.42 Å². The van der Waals surface area contributed by atoms with Crippen LogP contribution in [0.15, 0.2) is 53.6 Å². The first-order valence-electron chi connectivity index (χ1n) is 7.38. The van der Waals surface area contributed by atoms with Gasteiger partial charge in [0.05, 0.1) is 12.8 Å². The Balaban J connectivity index is 2.01. The van der Waals surface area contributed by atoms with Crippen molar-refractivity contribution in [2.24, 2.45) is 5.10 Å². The van der Waals surface area contributed by atoms with E-state index in [1.165, 1.54) is 5.56 Å². The number of ether oxygens (including phenoxy) is 1. The summed E-state index contributed by atoms with van der Waals surface area (Å²) in [6.07, 6.45) is 2.54. The molecule has 0 spiro atoms. The molecule has 0 radical (unpaired) electrons. The van der Waals surface area contributed by atoms with Crippen LogP contribution in [0.25, 0.3) is 0 Å². The molecule has 0 aliphatic rings. The zero-order valence-electron chi connectivity index (χ0n) is 12.9. The molecule has 0 fully saturated rings. The minimum atomic E-state index is -0.229. The van der Waals surface area contributed by atoms with E-state index in [-0.39, 0.29) is 5.91 Å². The van der Waals surface area contributed by atoms with Crippen LogP contribution in [0.5, 0.6) is 5.75 Å². The Labute approximate surface area is 130 Å². The standard InChI is InChI=1S/C18H20N2O2/c1-3-14-9-11-15(12-10-14)18(21)20-19-13-16-7-5-6-8-17(16)22-4-2/h5-13H,3-4H2,1-2H3,(H,20,21)/b19-13-. The van der Waals surface area contributed by atoms with E-state index >= 15 is 0 Å². The number of nitrogens with zero attached hydrogens (tertiary/aromatic N) is 1. The molecule has 0 aromatic heterocycles. The zero-order valence-corrected chi connectivity index (χ0v) is 12.9. The summed E-state index contributed by atoms with van der Waals surface area (Å²) < 4.78 is 5.50. The van der Waals surface area contributed by atoms with E-state index in [1.54, 1.807) is 18.3 Å². The zero-order chi connectivity index (χ0) is 15.8. The lowest BCUT2D eigenvalue weighted by molar-refractivity contribution is 0.0955. The topological polar surface area (TPSA) is 50.7 Å². The summed E-state index contributed by atoms with van der Waals surface area (Å²) in [7, 11) is 0. The van der Waals surface area contributed by atoms with Gasteiger partial charge in [-0.3, -0.25) is 4.79 Å². The van der Waals surface area contributed by atoms with Gasteiger partial charge in [-0.25, -0.2) is 5.43 Å². The number of hydrogen-bond acceptors (Lipinski definition) is 3. The van der Waals surface area contributed by atoms with Crippen LogP contribution in [0, 0.1) is 0 Å². The van der Waals surface area contributed by atoms with Crippen molar-refractivity contribution >= 4 is 12.1 Å². The van der Waals surface area contributed by atoms with E-state index in [0.29, 0.717) is 12.2 Å². The first-order valence-corrected chi connectivity index (χ1v) is 7.38. The molecule has 0 atom stereocenters. The van der Waals surface area contributed by atoms with E-state index in [2.05, 4.69) is 17.5 Å². The Morgan fingerprint density at radius 1 is 1.14 bits per heavy atom. The van der Waals surface area contributed by atoms with Gasteiger partial charge in [-0.1, -0.05) is 31.2 Å². The second-order valence-corrected chi connectivity index (χ2v) is 4.72. The van der Waals surface area contributed by atoms with Crippen molar-refractivity contribution < 1.29 is 9.53 Å². The van der Waals surface area contributed by atoms with Gasteiger partial charge in [0.2, 0.25) is 0 Å². The van der Waals surface area contributed by atoms with Crippen molar-refractivity contribution in [2.45, 2.75) is 20.3 Å². The SMILES string of the molecule is CCOc1ccccc1/C=N\NC(=O)c1ccc(CC)cc1. The molecule has 0 aliphatic carbocycles. The van der Waals surface area contributed by atoms with Crippen LogP contribution in [0.3, 0.4) is 0 Å². The number of aryl methyl sites for hydroxylation is 1. The Bertz CT molecular complexity index is 648. The number of para-hydroxylation sites is 1. The van der Waals surface area contributed by atoms with Gasteiger partial charge in [-0.2, -0.15) is 5.10 Å². The molecular weight excluding hydrogens is 276 g/mol. The lowest BCUT2D eigenvalue weighted by atomic mass is 10.1. The number of benzene rings is 2. The van der Waals surface area contributed by atoms with Crippen molar-refractivity contribution in [1.82, 2.24) is 5.43 Å². The highest BCUT2D eigenvalue weighted by Gasteiger charge is 2.04. The highest BCUT2D eigenvalue weighted by Crippen LogP contribution is 2.15. The smallest absolute Gasteiger partial charge is 0.271 e. The molecular formula is C18H20N2O2. The Morgan fingerprint density at radius 3 is 2.55 bits per heavy atom. The predicted octanol–water partition coefficient (Wildman–Crippen LogP) is 3.41. The first-order chi connectivity index (χ1) is 10.7. The molecule has 1 amide bonds. The fourth-order valence-corrected chi connectivity index (χ4v) is 1.99. The van der Waals surface area contributed by atoms with Gasteiger partial charge in [-0.15, -0.1) is 0 Å². The molecule has 0 unspecified atom stereocenters. The van der Waals surface area contributed by atoms with E-state index < -0.39 is 0 Å². The minimum Gasteiger partial charge on any atom is -0.493 e. The largest absolute Gasteiger partial charge is 0.493 e. The molecule has 0 aliphatic heterocycles. The van der Waals surface area contributed by atoms with E-state index in [0.717, 1.165) is 17.7 Å². The third kappa shape index (κ3) is 4.19. The van der Waals surface area contributed by atoms with Crippen molar-refractivity contribution in [1.29, 1.82) is 0 Å². The molecule has 0 heterocycles. The second-order valence-electron chi connectivity index (χ2n) is 4.72. The number of hydrogen-bond donors (Lipinski definition) is 1. The van der Waals surface area contributed by atoms with Crippen LogP contribution in [-0.4, -0.2) is 18.7 Å². The average Bonchev–Trinajstić information content (AvgIpc) is 2.56. The summed E-state index contributed by atoms with van der Waals surface area (Å²) in [5.74, 6) is 0.517. The number of carbonyl (C=O) groups is 1. The summed E-state index contributed by atoms with van der Waals surface area (Å²) in [5.41, 5.74) is 5.14. The van der Waals surface area contributed by atoms with Crippen molar-refractivity contribution in [3.63, 3.8) is 0 Å². The summed E-state index contributed by atoms with van der Waals surface area (Å²) in [4.78, 5) is 12.0. The van der Waals surface area contributed by atoms with Crippen molar-refractivity contribution in [2.75, 3.05) is 6.61 Å². The molecule has 22 heavy (non-hydrogen) atoms. The van der Waals surface area contributed by atoms with Crippen LogP contribution in [0.4, 0.5) is 0 Å². The van der Waals surface area contributed by atoms with Gasteiger partial charge >= 0.3 is 0 Å². The molecule has 0 saturated carbocycles. The second kappa shape index (κ2) is 7.98. The van der Waals surface area contributed by atoms with Crippen molar-refractivity contribution in [3.8, 4) is 5.75 Å². The summed E-state index contributed by atoms with van der Waals surface area (Å²) in [6.45, 7) is 4.59. The maximum atomic E-state index is 12.0. The van der Waals surface area contributed by atoms with Gasteiger partial charge in [-0.05, 0) is 43.2 Å². The molecule has 2 aromatic rings. The lowest BCUT2D eigenvalue weighted by Crippen LogP contribution is -2.17. The Morgan fingerprint density at radius 2 is 1.86 bits per heavy atom. The Hall–Kier alpha value is -2.62. The highest BCUT2D eigenvalue weighted by atomic mass is 16.5. The molecule has 0 bridgehead atoms. The van der Waals surface area contributed by atoms with Crippen molar-refractivity contribution in [3.05, 3.63) is 65.2 Å².